The van der Waals surface area contributed by atoms with Crippen LogP contribution in [0.1, 0.15) is 32.6 Å². The van der Waals surface area contributed by atoms with E-state index in [1.165, 1.54) is 0 Å². The molecule has 6 atom stereocenters. The van der Waals surface area contributed by atoms with Gasteiger partial charge in [0.25, 0.3) is 0 Å². The van der Waals surface area contributed by atoms with E-state index in [1.807, 2.05) is 4.90 Å². The van der Waals surface area contributed by atoms with E-state index in [4.69, 9.17) is 14.6 Å². The monoisotopic (exact) mass is 359 g/mol. The molecule has 4 N–H and O–H groups in total. The Morgan fingerprint density at radius 2 is 1.92 bits per heavy atom. The van der Waals surface area contributed by atoms with Crippen LogP contribution >= 0.6 is 0 Å². The lowest BCUT2D eigenvalue weighted by Gasteiger charge is -2.40. The van der Waals surface area contributed by atoms with Crippen molar-refractivity contribution in [3.8, 4) is 0 Å². The van der Waals surface area contributed by atoms with Gasteiger partial charge in [0.05, 0.1) is 12.7 Å². The van der Waals surface area contributed by atoms with Crippen LogP contribution in [-0.4, -0.2) is 87.7 Å². The molecule has 0 unspecified atom stereocenters. The number of carbonyl (C=O) groups excluding carboxylic acids is 1. The second-order valence-corrected chi connectivity index (χ2v) is 6.66. The van der Waals surface area contributed by atoms with Crippen molar-refractivity contribution in [1.29, 1.82) is 0 Å². The molecule has 144 valence electrons. The first-order valence-electron chi connectivity index (χ1n) is 8.85. The summed E-state index contributed by atoms with van der Waals surface area (Å²) in [5.41, 5.74) is 0. The molecule has 8 heteroatoms. The van der Waals surface area contributed by atoms with Gasteiger partial charge in [-0.05, 0) is 38.7 Å². The van der Waals surface area contributed by atoms with Gasteiger partial charge in [0.1, 0.15) is 24.4 Å². The van der Waals surface area contributed by atoms with Crippen LogP contribution in [0.3, 0.4) is 0 Å². The summed E-state index contributed by atoms with van der Waals surface area (Å²) in [6.45, 7) is 2.94. The van der Waals surface area contributed by atoms with Gasteiger partial charge in [-0.15, -0.1) is 0 Å². The third-order valence-electron chi connectivity index (χ3n) is 4.63. The average Bonchev–Trinajstić information content (AvgIpc) is 3.13. The predicted molar refractivity (Wildman–Crippen MR) is 88.5 cm³/mol. The first kappa shape index (κ1) is 20.3. The third-order valence-corrected chi connectivity index (χ3v) is 4.63. The standard InChI is InChI=1S/C17H29NO7/c1-11(6-2-3-7-13(20)18-8-4-5-9-18)24-17-16(23)15(22)14(21)12(10-19)25-17/h3,7,11-12,14-17,19,21-23H,2,4-6,8-10H2,1H3/b7-3+/t11-,12-,14-,15+,16-,17-/m1/s1. The number of hydrogen-bond donors (Lipinski definition) is 4. The maximum Gasteiger partial charge on any atom is 0.246 e. The van der Waals surface area contributed by atoms with Crippen LogP contribution < -0.4 is 0 Å². The highest BCUT2D eigenvalue weighted by atomic mass is 16.7. The van der Waals surface area contributed by atoms with Crippen LogP contribution in [0.5, 0.6) is 0 Å². The molecule has 2 saturated heterocycles. The van der Waals surface area contributed by atoms with Crippen molar-refractivity contribution in [3.63, 3.8) is 0 Å². The lowest BCUT2D eigenvalue weighted by Crippen LogP contribution is -2.59. The fourth-order valence-corrected chi connectivity index (χ4v) is 3.03. The number of aliphatic hydroxyl groups is 4. The van der Waals surface area contributed by atoms with E-state index in [2.05, 4.69) is 0 Å². The summed E-state index contributed by atoms with van der Waals surface area (Å²) in [6.07, 6.45) is 0.0784. The fourth-order valence-electron chi connectivity index (χ4n) is 3.03. The Morgan fingerprint density at radius 3 is 2.56 bits per heavy atom. The number of rotatable bonds is 7. The van der Waals surface area contributed by atoms with Crippen molar-refractivity contribution >= 4 is 5.91 Å². The maximum atomic E-state index is 11.9. The molecule has 0 spiro atoms. The van der Waals surface area contributed by atoms with Crippen LogP contribution in [0.15, 0.2) is 12.2 Å². The van der Waals surface area contributed by atoms with E-state index in [-0.39, 0.29) is 12.0 Å². The molecular formula is C17H29NO7. The summed E-state index contributed by atoms with van der Waals surface area (Å²) in [5.74, 6) is 0.0278. The molecule has 1 amide bonds. The minimum atomic E-state index is -1.44. The van der Waals surface area contributed by atoms with Gasteiger partial charge in [0, 0.05) is 13.1 Å². The second-order valence-electron chi connectivity index (χ2n) is 6.66. The summed E-state index contributed by atoms with van der Waals surface area (Å²) >= 11 is 0. The van der Waals surface area contributed by atoms with E-state index in [0.717, 1.165) is 25.9 Å². The van der Waals surface area contributed by atoms with Gasteiger partial charge in [0.15, 0.2) is 6.29 Å². The zero-order valence-corrected chi connectivity index (χ0v) is 14.5. The van der Waals surface area contributed by atoms with E-state index in [1.54, 1.807) is 19.1 Å². The molecule has 2 rings (SSSR count). The van der Waals surface area contributed by atoms with Crippen molar-refractivity contribution in [2.24, 2.45) is 0 Å². The largest absolute Gasteiger partial charge is 0.394 e. The molecule has 0 aromatic heterocycles. The molecule has 25 heavy (non-hydrogen) atoms. The quantitative estimate of drug-likeness (QED) is 0.437. The topological polar surface area (TPSA) is 120 Å². The van der Waals surface area contributed by atoms with Crippen molar-refractivity contribution in [2.75, 3.05) is 19.7 Å². The molecule has 0 radical (unpaired) electrons. The highest BCUT2D eigenvalue weighted by Crippen LogP contribution is 2.23. The smallest absolute Gasteiger partial charge is 0.246 e. The number of likely N-dealkylation sites (tertiary alicyclic amines) is 1. The Kier molecular flexibility index (Phi) is 7.80. The maximum absolute atomic E-state index is 11.9. The number of carbonyl (C=O) groups is 1. The normalized spacial score (nSPS) is 34.6. The number of hydrogen-bond acceptors (Lipinski definition) is 7. The molecule has 8 nitrogen and oxygen atoms in total. The Bertz CT molecular complexity index is 450. The molecule has 0 bridgehead atoms. The number of ether oxygens (including phenoxy) is 2. The van der Waals surface area contributed by atoms with Crippen LogP contribution in [-0.2, 0) is 14.3 Å². The summed E-state index contributed by atoms with van der Waals surface area (Å²) in [5, 5.41) is 38.5. The van der Waals surface area contributed by atoms with E-state index in [0.29, 0.717) is 12.8 Å². The highest BCUT2D eigenvalue weighted by molar-refractivity contribution is 5.87. The molecule has 2 aliphatic rings. The summed E-state index contributed by atoms with van der Waals surface area (Å²) < 4.78 is 10.9. The van der Waals surface area contributed by atoms with E-state index in [9.17, 15) is 20.1 Å². The minimum absolute atomic E-state index is 0.0278. The van der Waals surface area contributed by atoms with Gasteiger partial charge >= 0.3 is 0 Å². The van der Waals surface area contributed by atoms with Crippen molar-refractivity contribution < 1.29 is 34.7 Å². The molecule has 0 aromatic carbocycles. The molecular weight excluding hydrogens is 330 g/mol. The third kappa shape index (κ3) is 5.47. The fraction of sp³-hybridized carbons (Fsp3) is 0.824. The van der Waals surface area contributed by atoms with Crippen molar-refractivity contribution in [2.45, 2.75) is 69.4 Å². The minimum Gasteiger partial charge on any atom is -0.394 e. The molecule has 2 aliphatic heterocycles. The van der Waals surface area contributed by atoms with Gasteiger partial charge in [0.2, 0.25) is 5.91 Å². The Labute approximate surface area is 147 Å². The van der Waals surface area contributed by atoms with Crippen molar-refractivity contribution in [1.82, 2.24) is 4.90 Å². The van der Waals surface area contributed by atoms with Crippen LogP contribution in [0.25, 0.3) is 0 Å². The van der Waals surface area contributed by atoms with Gasteiger partial charge in [-0.3, -0.25) is 4.79 Å². The summed E-state index contributed by atoms with van der Waals surface area (Å²) in [6, 6.07) is 0. The van der Waals surface area contributed by atoms with Gasteiger partial charge < -0.3 is 34.8 Å². The molecule has 2 fully saturated rings. The van der Waals surface area contributed by atoms with Crippen molar-refractivity contribution in [3.05, 3.63) is 12.2 Å². The molecule has 2 heterocycles. The molecule has 0 aliphatic carbocycles. The van der Waals surface area contributed by atoms with Gasteiger partial charge in [-0.1, -0.05) is 6.08 Å². The van der Waals surface area contributed by atoms with Gasteiger partial charge in [-0.25, -0.2) is 0 Å². The number of allylic oxidation sites excluding steroid dienone is 1. The predicted octanol–water partition coefficient (Wildman–Crippen LogP) is -0.850. The van der Waals surface area contributed by atoms with Crippen LogP contribution in [0, 0.1) is 0 Å². The highest BCUT2D eigenvalue weighted by Gasteiger charge is 2.44. The summed E-state index contributed by atoms with van der Waals surface area (Å²) in [4.78, 5) is 13.7. The Hall–Kier alpha value is -1.03. The molecule has 0 saturated carbocycles. The number of amides is 1. The zero-order chi connectivity index (χ0) is 18.4. The molecule has 0 aromatic rings. The lowest BCUT2D eigenvalue weighted by atomic mass is 9.99. The SMILES string of the molecule is C[C@H](CC/C=C/C(=O)N1CCCC1)O[C@@H]1O[C@H](CO)[C@@H](O)[C@H](O)[C@H]1O. The first-order chi connectivity index (χ1) is 11.9. The zero-order valence-electron chi connectivity index (χ0n) is 14.5. The van der Waals surface area contributed by atoms with E-state index < -0.39 is 37.3 Å². The second kappa shape index (κ2) is 9.61. The number of nitrogens with zero attached hydrogens (tertiary/aromatic N) is 1. The van der Waals surface area contributed by atoms with Crippen LogP contribution in [0.4, 0.5) is 0 Å². The lowest BCUT2D eigenvalue weighted by molar-refractivity contribution is -0.310. The Balaban J connectivity index is 1.73. The van der Waals surface area contributed by atoms with E-state index >= 15 is 0 Å². The summed E-state index contributed by atoms with van der Waals surface area (Å²) in [7, 11) is 0. The Morgan fingerprint density at radius 1 is 1.24 bits per heavy atom. The first-order valence-corrected chi connectivity index (χ1v) is 8.85. The van der Waals surface area contributed by atoms with Crippen LogP contribution in [0.2, 0.25) is 0 Å². The number of aliphatic hydroxyl groups excluding tert-OH is 4. The average molecular weight is 359 g/mol. The van der Waals surface area contributed by atoms with Gasteiger partial charge in [-0.2, -0.15) is 0 Å².